The predicted molar refractivity (Wildman–Crippen MR) is 144 cm³/mol. The van der Waals surface area contributed by atoms with Crippen molar-refractivity contribution in [2.75, 3.05) is 0 Å². The topological polar surface area (TPSA) is 40.5 Å². The van der Waals surface area contributed by atoms with Crippen LogP contribution in [0.5, 0.6) is 0 Å². The van der Waals surface area contributed by atoms with Crippen LogP contribution in [0.2, 0.25) is 0 Å². The average molecular weight is 552 g/mol. The number of carbonyl (C=O) groups is 1. The van der Waals surface area contributed by atoms with Gasteiger partial charge >= 0.3 is 0 Å². The van der Waals surface area contributed by atoms with Crippen molar-refractivity contribution in [3.8, 4) is 0 Å². The molecule has 0 heterocycles. The molecular formula is C27H54INO2. The van der Waals surface area contributed by atoms with Crippen molar-refractivity contribution in [3.63, 3.8) is 0 Å². The number of hydrogen-bond donors (Lipinski definition) is 1. The monoisotopic (exact) mass is 551 g/mol. The molecule has 31 heavy (non-hydrogen) atoms. The van der Waals surface area contributed by atoms with Crippen LogP contribution in [0.4, 0.5) is 0 Å². The van der Waals surface area contributed by atoms with Crippen LogP contribution >= 0.6 is 22.9 Å². The molecule has 0 saturated heterocycles. The van der Waals surface area contributed by atoms with E-state index in [9.17, 15) is 4.79 Å². The van der Waals surface area contributed by atoms with E-state index >= 15 is 0 Å². The number of carbonyl (C=O) groups excluding carboxylic acids is 1. The summed E-state index contributed by atoms with van der Waals surface area (Å²) in [6.07, 6.45) is 33.7. The van der Waals surface area contributed by atoms with Gasteiger partial charge in [0.25, 0.3) is 5.91 Å². The Morgan fingerprint density at radius 1 is 0.516 bits per heavy atom. The van der Waals surface area contributed by atoms with Gasteiger partial charge in [-0.25, -0.2) is 0 Å². The molecule has 0 aromatic heterocycles. The van der Waals surface area contributed by atoms with Gasteiger partial charge in [-0.05, 0) is 6.42 Å². The van der Waals surface area contributed by atoms with Crippen molar-refractivity contribution in [2.24, 2.45) is 0 Å². The minimum Gasteiger partial charge on any atom is -0.276 e. The minimum absolute atomic E-state index is 0.181. The maximum Gasteiger partial charge on any atom is 0.255 e. The fraction of sp³-hybridized carbons (Fsp3) is 0.963. The summed E-state index contributed by atoms with van der Waals surface area (Å²) in [6, 6.07) is 0. The molecule has 0 aromatic carbocycles. The number of unbranched alkanes of at least 4 members (excludes halogenated alkanes) is 23. The standard InChI is InChI=1S/C27H54INO2/c1-2-3-4-5-6-7-8-9-10-11-12-13-14-15-16-17-18-19-20-21-22-23-24-25-26-27(30)29(28)31/h31H,2-26H2,1H3. The summed E-state index contributed by atoms with van der Waals surface area (Å²) in [7, 11) is 0. The van der Waals surface area contributed by atoms with E-state index in [1.807, 2.05) is 0 Å². The molecule has 1 amide bonds. The van der Waals surface area contributed by atoms with Crippen LogP contribution in [0, 0.1) is 0 Å². The van der Waals surface area contributed by atoms with Gasteiger partial charge in [-0.1, -0.05) is 155 Å². The maximum atomic E-state index is 11.2. The summed E-state index contributed by atoms with van der Waals surface area (Å²) < 4.78 is 0.677. The van der Waals surface area contributed by atoms with Gasteiger partial charge in [0.15, 0.2) is 0 Å². The van der Waals surface area contributed by atoms with Crippen molar-refractivity contribution >= 4 is 28.8 Å². The van der Waals surface area contributed by atoms with Crippen LogP contribution in [-0.4, -0.2) is 14.4 Å². The van der Waals surface area contributed by atoms with Gasteiger partial charge in [0.1, 0.15) is 0 Å². The minimum atomic E-state index is -0.181. The lowest BCUT2D eigenvalue weighted by Gasteiger charge is -2.05. The first-order chi connectivity index (χ1) is 15.2. The van der Waals surface area contributed by atoms with E-state index < -0.39 is 0 Å². The molecule has 0 bridgehead atoms. The van der Waals surface area contributed by atoms with Crippen molar-refractivity contribution in [3.05, 3.63) is 0 Å². The van der Waals surface area contributed by atoms with E-state index in [1.54, 1.807) is 22.9 Å². The van der Waals surface area contributed by atoms with Gasteiger partial charge in [0, 0.05) is 6.42 Å². The molecule has 1 N–H and O–H groups in total. The Morgan fingerprint density at radius 3 is 0.968 bits per heavy atom. The third kappa shape index (κ3) is 26.3. The van der Waals surface area contributed by atoms with Crippen molar-refractivity contribution in [1.29, 1.82) is 0 Å². The highest BCUT2D eigenvalue weighted by molar-refractivity contribution is 14.1. The second kappa shape index (κ2) is 26.4. The first-order valence-corrected chi connectivity index (χ1v) is 14.8. The first-order valence-electron chi connectivity index (χ1n) is 13.9. The highest BCUT2D eigenvalue weighted by Crippen LogP contribution is 2.16. The Morgan fingerprint density at radius 2 is 0.742 bits per heavy atom. The molecule has 0 fully saturated rings. The molecule has 4 heteroatoms. The van der Waals surface area contributed by atoms with Crippen LogP contribution in [0.1, 0.15) is 167 Å². The second-order valence-corrected chi connectivity index (χ2v) is 10.4. The Kier molecular flexibility index (Phi) is 26.5. The number of nitrogens with zero attached hydrogens (tertiary/aromatic N) is 1. The summed E-state index contributed by atoms with van der Waals surface area (Å²) in [6.45, 7) is 2.29. The molecule has 0 spiro atoms. The lowest BCUT2D eigenvalue weighted by molar-refractivity contribution is -0.141. The molecule has 186 valence electrons. The van der Waals surface area contributed by atoms with Crippen LogP contribution in [-0.2, 0) is 4.79 Å². The molecule has 0 rings (SSSR count). The Hall–Kier alpha value is 0.160. The lowest BCUT2D eigenvalue weighted by atomic mass is 10.0. The number of rotatable bonds is 25. The molecule has 0 aliphatic heterocycles. The van der Waals surface area contributed by atoms with E-state index in [0.29, 0.717) is 9.70 Å². The molecule has 0 radical (unpaired) electrons. The van der Waals surface area contributed by atoms with E-state index in [-0.39, 0.29) is 5.91 Å². The van der Waals surface area contributed by atoms with Gasteiger partial charge in [-0.2, -0.15) is 3.28 Å². The number of halogens is 1. The fourth-order valence-electron chi connectivity index (χ4n) is 4.33. The number of hydroxylamine groups is 1. The Bertz CT molecular complexity index is 363. The average Bonchev–Trinajstić information content (AvgIpc) is 2.76. The molecule has 0 saturated carbocycles. The van der Waals surface area contributed by atoms with Gasteiger partial charge in [-0.15, -0.1) is 0 Å². The molecule has 0 aliphatic rings. The zero-order valence-corrected chi connectivity index (χ0v) is 23.0. The third-order valence-electron chi connectivity index (χ3n) is 6.45. The second-order valence-electron chi connectivity index (χ2n) is 9.54. The van der Waals surface area contributed by atoms with Gasteiger partial charge in [0.2, 0.25) is 0 Å². The molecular weight excluding hydrogens is 497 g/mol. The van der Waals surface area contributed by atoms with Crippen LogP contribution < -0.4 is 0 Å². The van der Waals surface area contributed by atoms with E-state index in [4.69, 9.17) is 5.21 Å². The van der Waals surface area contributed by atoms with Crippen molar-refractivity contribution in [1.82, 2.24) is 3.28 Å². The predicted octanol–water partition coefficient (Wildman–Crippen LogP) is 10.3. The van der Waals surface area contributed by atoms with E-state index in [1.165, 1.54) is 141 Å². The Balaban J connectivity index is 3.04. The van der Waals surface area contributed by atoms with Crippen molar-refractivity contribution < 1.29 is 10.0 Å². The van der Waals surface area contributed by atoms with Gasteiger partial charge in [0.05, 0.1) is 22.9 Å². The zero-order valence-electron chi connectivity index (χ0n) is 20.9. The van der Waals surface area contributed by atoms with Crippen molar-refractivity contribution in [2.45, 2.75) is 167 Å². The molecule has 0 aliphatic carbocycles. The summed E-state index contributed by atoms with van der Waals surface area (Å²) in [5.74, 6) is -0.181. The van der Waals surface area contributed by atoms with Crippen LogP contribution in [0.3, 0.4) is 0 Å². The van der Waals surface area contributed by atoms with Gasteiger partial charge in [-0.3, -0.25) is 10.0 Å². The van der Waals surface area contributed by atoms with E-state index in [0.717, 1.165) is 12.8 Å². The van der Waals surface area contributed by atoms with Gasteiger partial charge < -0.3 is 0 Å². The zero-order chi connectivity index (χ0) is 22.8. The Labute approximate surface area is 209 Å². The smallest absolute Gasteiger partial charge is 0.255 e. The maximum absolute atomic E-state index is 11.2. The summed E-state index contributed by atoms with van der Waals surface area (Å²) in [5, 5.41) is 8.97. The molecule has 0 atom stereocenters. The summed E-state index contributed by atoms with van der Waals surface area (Å²) in [5.41, 5.74) is 0. The SMILES string of the molecule is CCCCCCCCCCCCCCCCCCCCCCCCCCC(=O)N(O)I. The van der Waals surface area contributed by atoms with Crippen LogP contribution in [0.25, 0.3) is 0 Å². The third-order valence-corrected chi connectivity index (χ3v) is 6.99. The fourth-order valence-corrected chi connectivity index (χ4v) is 4.57. The molecule has 3 nitrogen and oxygen atoms in total. The molecule has 0 unspecified atom stereocenters. The summed E-state index contributed by atoms with van der Waals surface area (Å²) >= 11 is 1.62. The largest absolute Gasteiger partial charge is 0.276 e. The summed E-state index contributed by atoms with van der Waals surface area (Å²) in [4.78, 5) is 11.2. The quantitative estimate of drug-likeness (QED) is 0.0403. The van der Waals surface area contributed by atoms with E-state index in [2.05, 4.69) is 6.92 Å². The highest BCUT2D eigenvalue weighted by atomic mass is 127. The normalized spacial score (nSPS) is 11.2. The lowest BCUT2D eigenvalue weighted by Crippen LogP contribution is -2.15. The van der Waals surface area contributed by atoms with Crippen LogP contribution in [0.15, 0.2) is 0 Å². The number of amides is 1. The first kappa shape index (κ1) is 31.2. The number of hydrogen-bond acceptors (Lipinski definition) is 2. The highest BCUT2D eigenvalue weighted by Gasteiger charge is 2.05. The molecule has 0 aromatic rings.